The van der Waals surface area contributed by atoms with Gasteiger partial charge in [-0.3, -0.25) is 19.2 Å². The predicted octanol–water partition coefficient (Wildman–Crippen LogP) is -0.486. The first-order valence-electron chi connectivity index (χ1n) is 11.7. The van der Waals surface area contributed by atoms with Crippen LogP contribution in [-0.4, -0.2) is 84.6 Å². The minimum Gasteiger partial charge on any atom is -0.463 e. The number of sulfonamides is 1. The summed E-state index contributed by atoms with van der Waals surface area (Å²) >= 11 is 0. The molecule has 1 aromatic carbocycles. The molecule has 0 aliphatic carbocycles. The number of nitrogens with two attached hydrogens (primary N) is 1. The van der Waals surface area contributed by atoms with Crippen LogP contribution in [0.1, 0.15) is 33.4 Å². The van der Waals surface area contributed by atoms with Gasteiger partial charge in [0.1, 0.15) is 18.4 Å². The Kier molecular flexibility index (Phi) is 9.91. The molecule has 40 heavy (non-hydrogen) atoms. The second-order valence-corrected chi connectivity index (χ2v) is 10.1. The quantitative estimate of drug-likeness (QED) is 0.276. The van der Waals surface area contributed by atoms with E-state index in [0.29, 0.717) is 5.69 Å². The smallest absolute Gasteiger partial charge is 0.303 e. The number of aromatic nitrogens is 3. The van der Waals surface area contributed by atoms with E-state index in [9.17, 15) is 27.6 Å². The van der Waals surface area contributed by atoms with Crippen molar-refractivity contribution in [3.05, 3.63) is 36.2 Å². The predicted molar refractivity (Wildman–Crippen MR) is 129 cm³/mol. The highest BCUT2D eigenvalue weighted by Gasteiger charge is 2.52. The van der Waals surface area contributed by atoms with Crippen LogP contribution in [0.25, 0.3) is 5.69 Å². The van der Waals surface area contributed by atoms with Crippen LogP contribution in [0.2, 0.25) is 0 Å². The molecule has 0 bridgehead atoms. The Labute approximate surface area is 228 Å². The van der Waals surface area contributed by atoms with Crippen molar-refractivity contribution in [1.82, 2.24) is 15.0 Å². The molecule has 2 aromatic rings. The molecule has 1 aliphatic heterocycles. The Morgan fingerprint density at radius 3 is 2.02 bits per heavy atom. The van der Waals surface area contributed by atoms with E-state index >= 15 is 0 Å². The fraction of sp³-hybridized carbons (Fsp3) is 0.478. The zero-order valence-corrected chi connectivity index (χ0v) is 22.7. The first kappa shape index (κ1) is 30.6. The summed E-state index contributed by atoms with van der Waals surface area (Å²) in [7, 11) is -3.87. The lowest BCUT2D eigenvalue weighted by molar-refractivity contribution is -0.310. The Hall–Kier alpha value is -3.93. The fourth-order valence-corrected chi connectivity index (χ4v) is 4.29. The number of esters is 4. The van der Waals surface area contributed by atoms with E-state index in [0.717, 1.165) is 27.7 Å². The molecular formula is C23H28N4O12S. The van der Waals surface area contributed by atoms with Crippen molar-refractivity contribution in [2.75, 3.05) is 6.61 Å². The van der Waals surface area contributed by atoms with Gasteiger partial charge in [-0.15, -0.1) is 5.10 Å². The first-order chi connectivity index (χ1) is 18.7. The SMILES string of the molecule is CC(=O)OC[C@@H]1OC(OCc2cn(-c3ccc(S(N)(=O)=O)cc3)nn2)[C@@H](OC(C)=O)[C@H](OC(C)=O)[C@@H]1OC(C)=O. The molecular weight excluding hydrogens is 556 g/mol. The number of carbonyl (C=O) groups excluding carboxylic acids is 4. The summed E-state index contributed by atoms with van der Waals surface area (Å²) in [6.45, 7) is 3.85. The summed E-state index contributed by atoms with van der Waals surface area (Å²) in [5, 5.41) is 13.1. The van der Waals surface area contributed by atoms with Gasteiger partial charge in [0.05, 0.1) is 23.4 Å². The van der Waals surface area contributed by atoms with Gasteiger partial charge >= 0.3 is 23.9 Å². The van der Waals surface area contributed by atoms with Gasteiger partial charge in [0.25, 0.3) is 0 Å². The number of nitrogens with zero attached hydrogens (tertiary/aromatic N) is 3. The molecule has 16 nitrogen and oxygen atoms in total. The van der Waals surface area contributed by atoms with Gasteiger partial charge in [0.2, 0.25) is 10.0 Å². The summed E-state index contributed by atoms with van der Waals surface area (Å²) in [6.07, 6.45) is -5.15. The van der Waals surface area contributed by atoms with Crippen molar-refractivity contribution in [3.63, 3.8) is 0 Å². The number of hydrogen-bond donors (Lipinski definition) is 1. The first-order valence-corrected chi connectivity index (χ1v) is 13.3. The number of rotatable bonds is 10. The van der Waals surface area contributed by atoms with E-state index in [2.05, 4.69) is 10.3 Å². The van der Waals surface area contributed by atoms with Crippen molar-refractivity contribution >= 4 is 33.9 Å². The molecule has 0 radical (unpaired) electrons. The average molecular weight is 585 g/mol. The Morgan fingerprint density at radius 1 is 0.900 bits per heavy atom. The summed E-state index contributed by atoms with van der Waals surface area (Å²) in [4.78, 5) is 47.0. The number of carbonyl (C=O) groups is 4. The Balaban J connectivity index is 1.84. The van der Waals surface area contributed by atoms with Gasteiger partial charge in [-0.25, -0.2) is 18.2 Å². The maximum Gasteiger partial charge on any atom is 0.303 e. The minimum atomic E-state index is -3.87. The monoisotopic (exact) mass is 584 g/mol. The molecule has 1 unspecified atom stereocenters. The molecule has 218 valence electrons. The van der Waals surface area contributed by atoms with E-state index in [1.54, 1.807) is 0 Å². The molecule has 5 atom stereocenters. The van der Waals surface area contributed by atoms with Crippen molar-refractivity contribution in [2.24, 2.45) is 5.14 Å². The van der Waals surface area contributed by atoms with Gasteiger partial charge in [0.15, 0.2) is 24.6 Å². The molecule has 3 rings (SSSR count). The molecule has 1 fully saturated rings. The van der Waals surface area contributed by atoms with Gasteiger partial charge in [-0.1, -0.05) is 5.21 Å². The highest BCUT2D eigenvalue weighted by molar-refractivity contribution is 7.89. The van der Waals surface area contributed by atoms with Crippen LogP contribution in [0.4, 0.5) is 0 Å². The maximum absolute atomic E-state index is 11.9. The summed E-state index contributed by atoms with van der Waals surface area (Å²) in [6, 6.07) is 5.55. The van der Waals surface area contributed by atoms with Crippen LogP contribution >= 0.6 is 0 Å². The van der Waals surface area contributed by atoms with Crippen molar-refractivity contribution in [3.8, 4) is 5.69 Å². The molecule has 1 aromatic heterocycles. The standard InChI is InChI=1S/C23H28N4O12S/c1-12(28)34-11-19-20(36-13(2)29)21(37-14(3)30)22(38-15(4)31)23(39-19)35-10-16-9-27(26-25-16)17-5-7-18(8-6-17)40(24,32)33/h5-9,19-23H,10-11H2,1-4H3,(H2,24,32,33)/t19-,20+,21+,22-,23?/m0/s1. The van der Waals surface area contributed by atoms with E-state index in [1.807, 2.05) is 0 Å². The van der Waals surface area contributed by atoms with Crippen molar-refractivity contribution < 1.29 is 56.0 Å². The third-order valence-corrected chi connectivity index (χ3v) is 6.24. The lowest BCUT2D eigenvalue weighted by atomic mass is 9.98. The van der Waals surface area contributed by atoms with Crippen LogP contribution in [-0.2, 0) is 64.2 Å². The average Bonchev–Trinajstić information content (AvgIpc) is 3.32. The highest BCUT2D eigenvalue weighted by atomic mass is 32.2. The van der Waals surface area contributed by atoms with E-state index in [1.165, 1.54) is 35.1 Å². The lowest BCUT2D eigenvalue weighted by Crippen LogP contribution is -2.62. The Bertz CT molecular complexity index is 1340. The fourth-order valence-electron chi connectivity index (χ4n) is 3.77. The molecule has 1 aliphatic rings. The van der Waals surface area contributed by atoms with Gasteiger partial charge < -0.3 is 28.4 Å². The zero-order valence-electron chi connectivity index (χ0n) is 21.9. The minimum absolute atomic E-state index is 0.0800. The molecule has 2 heterocycles. The maximum atomic E-state index is 11.9. The molecule has 0 saturated carbocycles. The molecule has 1 saturated heterocycles. The molecule has 2 N–H and O–H groups in total. The lowest BCUT2D eigenvalue weighted by Gasteiger charge is -2.43. The largest absolute Gasteiger partial charge is 0.463 e. The topological polar surface area (TPSA) is 215 Å². The zero-order chi connectivity index (χ0) is 29.6. The number of ether oxygens (including phenoxy) is 6. The number of primary sulfonamides is 1. The number of benzene rings is 1. The second-order valence-electron chi connectivity index (χ2n) is 8.57. The van der Waals surface area contributed by atoms with Crippen LogP contribution in [0.3, 0.4) is 0 Å². The molecule has 0 spiro atoms. The second kappa shape index (κ2) is 12.9. The van der Waals surface area contributed by atoms with E-state index in [-0.39, 0.29) is 17.2 Å². The van der Waals surface area contributed by atoms with Crippen LogP contribution in [0, 0.1) is 0 Å². The van der Waals surface area contributed by atoms with Gasteiger partial charge in [-0.05, 0) is 24.3 Å². The van der Waals surface area contributed by atoms with E-state index in [4.69, 9.17) is 33.6 Å². The van der Waals surface area contributed by atoms with Crippen molar-refractivity contribution in [1.29, 1.82) is 0 Å². The van der Waals surface area contributed by atoms with Gasteiger partial charge in [-0.2, -0.15) is 0 Å². The summed E-state index contributed by atoms with van der Waals surface area (Å²) < 4.78 is 57.0. The summed E-state index contributed by atoms with van der Waals surface area (Å²) in [5.41, 5.74) is 0.752. The molecule has 0 amide bonds. The third-order valence-electron chi connectivity index (χ3n) is 5.31. The van der Waals surface area contributed by atoms with Crippen LogP contribution in [0.15, 0.2) is 35.4 Å². The highest BCUT2D eigenvalue weighted by Crippen LogP contribution is 2.30. The van der Waals surface area contributed by atoms with Crippen molar-refractivity contribution in [2.45, 2.75) is 69.9 Å². The normalized spacial score (nSPS) is 22.7. The number of hydrogen-bond acceptors (Lipinski definition) is 14. The van der Waals surface area contributed by atoms with Crippen LogP contribution < -0.4 is 5.14 Å². The third kappa shape index (κ3) is 8.28. The summed E-state index contributed by atoms with van der Waals surface area (Å²) in [5.74, 6) is -2.95. The van der Waals surface area contributed by atoms with Crippen LogP contribution in [0.5, 0.6) is 0 Å². The molecule has 17 heteroatoms. The van der Waals surface area contributed by atoms with E-state index < -0.39 is 71.2 Å². The Morgan fingerprint density at radius 2 is 1.48 bits per heavy atom. The van der Waals surface area contributed by atoms with Gasteiger partial charge in [0, 0.05) is 27.7 Å².